The largest absolute Gasteiger partial charge is 0.355 e. The van der Waals surface area contributed by atoms with Gasteiger partial charge in [-0.05, 0) is 63.0 Å². The lowest BCUT2D eigenvalue weighted by Gasteiger charge is -2.51. The molecule has 5 atom stereocenters. The molecule has 2 bridgehead atoms. The molecule has 3 aliphatic heterocycles. The summed E-state index contributed by atoms with van der Waals surface area (Å²) in [5, 5.41) is 5.70. The summed E-state index contributed by atoms with van der Waals surface area (Å²) < 4.78 is 0. The molecule has 224 valence electrons. The highest BCUT2D eigenvalue weighted by atomic mass is 16.2. The van der Waals surface area contributed by atoms with E-state index in [1.54, 1.807) is 13.8 Å². The van der Waals surface area contributed by atoms with E-state index in [0.29, 0.717) is 61.4 Å². The fourth-order valence-corrected chi connectivity index (χ4v) is 7.12. The number of fused-ring (bicyclic) bond motifs is 4. The van der Waals surface area contributed by atoms with Crippen LogP contribution in [0.1, 0.15) is 77.2 Å². The number of Topliss-reactive ketones (excluding diaryl/α,β-unsaturated/α-hetero) is 1. The van der Waals surface area contributed by atoms with Gasteiger partial charge in [-0.15, -0.1) is 0 Å². The zero-order valence-corrected chi connectivity index (χ0v) is 24.9. The molecule has 3 fully saturated rings. The van der Waals surface area contributed by atoms with Crippen molar-refractivity contribution in [2.45, 2.75) is 77.9 Å². The first kappa shape index (κ1) is 29.5. The molecule has 3 N–H and O–H groups in total. The number of aromatic nitrogens is 1. The number of rotatable bonds is 4. The SMILES string of the molecule is CC(=O)c1[nH]c(C)c(C(=O)N2C[C@@H]3C[C@H](C2)[C@@H]2CCCC(=O)N[C@H](C)C(=O)N[C@@H](Cc4ccccc4)C(=O)N2C3)c1C. The van der Waals surface area contributed by atoms with Crippen LogP contribution in [0.2, 0.25) is 0 Å². The standard InChI is InChI=1S/C32H41N5O5/c1-18-28(19(2)34-29(18)21(4)38)32(42)36-15-23-13-24(17-36)26-11-8-12-27(39)33-20(3)30(40)35-25(31(41)37(26)16-23)14-22-9-6-5-7-10-22/h5-7,9-10,20,23-26,34H,8,11-17H2,1-4H3,(H,33,39)(H,35,40)/t20-,23+,24-,25+,26+/m1/s1. The first-order valence-corrected chi connectivity index (χ1v) is 15.0. The normalized spacial score (nSPS) is 26.9. The third kappa shape index (κ3) is 5.98. The zero-order valence-electron chi connectivity index (χ0n) is 24.9. The van der Waals surface area contributed by atoms with E-state index < -0.39 is 12.1 Å². The number of carbonyl (C=O) groups is 5. The Kier molecular flexibility index (Phi) is 8.52. The molecule has 1 aromatic heterocycles. The van der Waals surface area contributed by atoms with Crippen LogP contribution in [0.5, 0.6) is 0 Å². The maximum atomic E-state index is 14.2. The van der Waals surface area contributed by atoms with E-state index in [9.17, 15) is 24.0 Å². The van der Waals surface area contributed by atoms with Gasteiger partial charge in [0.1, 0.15) is 12.1 Å². The molecule has 4 heterocycles. The lowest BCUT2D eigenvalue weighted by Crippen LogP contribution is -2.64. The summed E-state index contributed by atoms with van der Waals surface area (Å²) in [6.07, 6.45) is 2.71. The molecular weight excluding hydrogens is 534 g/mol. The van der Waals surface area contributed by atoms with E-state index in [1.165, 1.54) is 6.92 Å². The molecule has 5 rings (SSSR count). The number of hydrogen-bond donors (Lipinski definition) is 3. The van der Waals surface area contributed by atoms with Crippen LogP contribution < -0.4 is 10.6 Å². The minimum absolute atomic E-state index is 0.0373. The number of hydrogen-bond acceptors (Lipinski definition) is 5. The average molecular weight is 576 g/mol. The number of nitrogens with one attached hydrogen (secondary N) is 3. The molecule has 2 aromatic rings. The number of likely N-dealkylation sites (tertiary alicyclic amines) is 1. The topological polar surface area (TPSA) is 132 Å². The van der Waals surface area contributed by atoms with Crippen LogP contribution in [0.4, 0.5) is 0 Å². The highest BCUT2D eigenvalue weighted by Gasteiger charge is 2.45. The maximum absolute atomic E-state index is 14.2. The molecule has 0 radical (unpaired) electrons. The summed E-state index contributed by atoms with van der Waals surface area (Å²) in [6.45, 7) is 8.23. The van der Waals surface area contributed by atoms with E-state index in [2.05, 4.69) is 15.6 Å². The van der Waals surface area contributed by atoms with Gasteiger partial charge in [-0.25, -0.2) is 0 Å². The van der Waals surface area contributed by atoms with Crippen molar-refractivity contribution in [3.8, 4) is 0 Å². The number of aromatic amines is 1. The lowest BCUT2D eigenvalue weighted by atomic mass is 9.77. The predicted molar refractivity (Wildman–Crippen MR) is 157 cm³/mol. The smallest absolute Gasteiger partial charge is 0.255 e. The van der Waals surface area contributed by atoms with Crippen molar-refractivity contribution in [1.82, 2.24) is 25.4 Å². The minimum atomic E-state index is -0.770. The van der Waals surface area contributed by atoms with Crippen LogP contribution in [-0.4, -0.2) is 82.0 Å². The number of piperidine rings is 2. The van der Waals surface area contributed by atoms with E-state index in [-0.39, 0.29) is 53.7 Å². The summed E-state index contributed by atoms with van der Waals surface area (Å²) in [7, 11) is 0. The maximum Gasteiger partial charge on any atom is 0.255 e. The molecule has 42 heavy (non-hydrogen) atoms. The van der Waals surface area contributed by atoms with Crippen molar-refractivity contribution in [1.29, 1.82) is 0 Å². The van der Waals surface area contributed by atoms with E-state index in [0.717, 1.165) is 12.0 Å². The number of nitrogens with zero attached hydrogens (tertiary/aromatic N) is 2. The van der Waals surface area contributed by atoms with Crippen LogP contribution in [0.15, 0.2) is 30.3 Å². The molecule has 0 spiro atoms. The minimum Gasteiger partial charge on any atom is -0.355 e. The fraction of sp³-hybridized carbons (Fsp3) is 0.531. The Bertz CT molecular complexity index is 1390. The molecule has 3 aliphatic rings. The number of H-pyrrole nitrogens is 1. The van der Waals surface area contributed by atoms with E-state index in [4.69, 9.17) is 0 Å². The van der Waals surface area contributed by atoms with Crippen molar-refractivity contribution in [3.05, 3.63) is 58.4 Å². The Morgan fingerprint density at radius 1 is 1.00 bits per heavy atom. The van der Waals surface area contributed by atoms with Crippen LogP contribution in [-0.2, 0) is 20.8 Å². The molecular formula is C32H41N5O5. The Hall–Kier alpha value is -3.95. The first-order valence-electron chi connectivity index (χ1n) is 15.0. The average Bonchev–Trinajstić information content (AvgIpc) is 3.26. The number of carbonyl (C=O) groups excluding carboxylic acids is 5. The van der Waals surface area contributed by atoms with Crippen molar-refractivity contribution in [2.75, 3.05) is 19.6 Å². The predicted octanol–water partition coefficient (Wildman–Crippen LogP) is 2.54. The summed E-state index contributed by atoms with van der Waals surface area (Å²) in [5.74, 6) is -0.773. The zero-order chi connectivity index (χ0) is 30.1. The summed E-state index contributed by atoms with van der Waals surface area (Å²) in [5.41, 5.74) is 3.29. The first-order chi connectivity index (χ1) is 20.0. The number of ketones is 1. The van der Waals surface area contributed by atoms with Crippen LogP contribution in [0.3, 0.4) is 0 Å². The third-order valence-electron chi connectivity index (χ3n) is 9.11. The monoisotopic (exact) mass is 575 g/mol. The van der Waals surface area contributed by atoms with Gasteiger partial charge in [-0.3, -0.25) is 24.0 Å². The van der Waals surface area contributed by atoms with Gasteiger partial charge in [0.2, 0.25) is 17.7 Å². The van der Waals surface area contributed by atoms with Gasteiger partial charge >= 0.3 is 0 Å². The van der Waals surface area contributed by atoms with Crippen LogP contribution in [0, 0.1) is 25.7 Å². The molecule has 1 aromatic carbocycles. The van der Waals surface area contributed by atoms with Gasteiger partial charge in [-0.1, -0.05) is 30.3 Å². The summed E-state index contributed by atoms with van der Waals surface area (Å²) in [4.78, 5) is 72.7. The molecule has 0 saturated carbocycles. The van der Waals surface area contributed by atoms with Crippen molar-refractivity contribution >= 4 is 29.4 Å². The molecule has 10 nitrogen and oxygen atoms in total. The summed E-state index contributed by atoms with van der Waals surface area (Å²) in [6, 6.07) is 7.93. The van der Waals surface area contributed by atoms with Crippen LogP contribution >= 0.6 is 0 Å². The van der Waals surface area contributed by atoms with Gasteiger partial charge in [0.05, 0.1) is 11.3 Å². The van der Waals surface area contributed by atoms with Gasteiger partial charge in [0.15, 0.2) is 5.78 Å². The molecule has 0 aliphatic carbocycles. The second kappa shape index (κ2) is 12.1. The van der Waals surface area contributed by atoms with E-state index in [1.807, 2.05) is 47.1 Å². The van der Waals surface area contributed by atoms with Crippen molar-refractivity contribution in [3.63, 3.8) is 0 Å². The molecule has 4 amide bonds. The van der Waals surface area contributed by atoms with Gasteiger partial charge in [0, 0.05) is 51.1 Å². The Labute approximate surface area is 246 Å². The summed E-state index contributed by atoms with van der Waals surface area (Å²) >= 11 is 0. The number of aryl methyl sites for hydroxylation is 1. The van der Waals surface area contributed by atoms with Gasteiger partial charge in [-0.2, -0.15) is 0 Å². The molecule has 3 saturated heterocycles. The Balaban J connectivity index is 1.42. The Morgan fingerprint density at radius 3 is 2.43 bits per heavy atom. The fourth-order valence-electron chi connectivity index (χ4n) is 7.12. The quantitative estimate of drug-likeness (QED) is 0.482. The lowest BCUT2D eigenvalue weighted by molar-refractivity contribution is -0.145. The molecule has 0 unspecified atom stereocenters. The Morgan fingerprint density at radius 2 is 1.74 bits per heavy atom. The third-order valence-corrected chi connectivity index (χ3v) is 9.11. The number of benzene rings is 1. The van der Waals surface area contributed by atoms with E-state index >= 15 is 0 Å². The highest BCUT2D eigenvalue weighted by Crippen LogP contribution is 2.37. The molecule has 10 heteroatoms. The number of amides is 4. The van der Waals surface area contributed by atoms with Crippen molar-refractivity contribution < 1.29 is 24.0 Å². The second-order valence-corrected chi connectivity index (χ2v) is 12.2. The van der Waals surface area contributed by atoms with Crippen molar-refractivity contribution in [2.24, 2.45) is 11.8 Å². The van der Waals surface area contributed by atoms with Gasteiger partial charge < -0.3 is 25.4 Å². The van der Waals surface area contributed by atoms with Crippen LogP contribution in [0.25, 0.3) is 0 Å². The van der Waals surface area contributed by atoms with Gasteiger partial charge in [0.25, 0.3) is 5.91 Å². The second-order valence-electron chi connectivity index (χ2n) is 12.2. The highest BCUT2D eigenvalue weighted by molar-refractivity contribution is 6.02.